The minimum absolute atomic E-state index is 0.0224. The van der Waals surface area contributed by atoms with E-state index in [2.05, 4.69) is 15.2 Å². The molecule has 2 N–H and O–H groups in total. The predicted octanol–water partition coefficient (Wildman–Crippen LogP) is 1.40. The lowest BCUT2D eigenvalue weighted by molar-refractivity contribution is 0.0681. The van der Waals surface area contributed by atoms with Crippen LogP contribution in [0, 0.1) is 0 Å². The molecule has 2 fully saturated rings. The number of nitrogens with one attached hydrogen (secondary N) is 2. The van der Waals surface area contributed by atoms with Gasteiger partial charge in [0.1, 0.15) is 0 Å². The van der Waals surface area contributed by atoms with Gasteiger partial charge in [0, 0.05) is 38.5 Å². The second-order valence-corrected chi connectivity index (χ2v) is 6.78. The molecular weight excluding hydrogens is 322 g/mol. The number of ether oxygens (including phenoxy) is 1. The average Bonchev–Trinajstić information content (AvgIpc) is 3.06. The first-order valence-corrected chi connectivity index (χ1v) is 8.80. The molecule has 0 spiro atoms. The Kier molecular flexibility index (Phi) is 3.99. The van der Waals surface area contributed by atoms with Crippen molar-refractivity contribution in [3.8, 4) is 0 Å². The second-order valence-electron chi connectivity index (χ2n) is 6.78. The Morgan fingerprint density at radius 3 is 2.92 bits per heavy atom. The first-order chi connectivity index (χ1) is 12.1. The van der Waals surface area contributed by atoms with Crippen molar-refractivity contribution < 1.29 is 9.53 Å². The van der Waals surface area contributed by atoms with Crippen LogP contribution in [0.1, 0.15) is 60.0 Å². The van der Waals surface area contributed by atoms with Crippen LogP contribution in [0.3, 0.4) is 0 Å². The molecule has 0 bridgehead atoms. The summed E-state index contributed by atoms with van der Waals surface area (Å²) in [5.41, 5.74) is 1.51. The minimum Gasteiger partial charge on any atom is -0.380 e. The van der Waals surface area contributed by atoms with E-state index < -0.39 is 0 Å². The zero-order valence-corrected chi connectivity index (χ0v) is 14.5. The topological polar surface area (TPSA) is 96.0 Å². The average molecular weight is 345 g/mol. The van der Waals surface area contributed by atoms with Crippen molar-refractivity contribution in [2.24, 2.45) is 0 Å². The van der Waals surface area contributed by atoms with Gasteiger partial charge < -0.3 is 14.6 Å². The molecule has 1 aliphatic carbocycles. The van der Waals surface area contributed by atoms with E-state index in [1.807, 2.05) is 19.2 Å². The number of carbonyl (C=O) groups is 1. The first kappa shape index (κ1) is 16.1. The van der Waals surface area contributed by atoms with Crippen molar-refractivity contribution in [1.82, 2.24) is 24.6 Å². The quantitative estimate of drug-likeness (QED) is 0.856. The van der Waals surface area contributed by atoms with E-state index in [9.17, 15) is 9.59 Å². The Bertz CT molecular complexity index is 831. The Morgan fingerprint density at radius 1 is 1.44 bits per heavy atom. The lowest BCUT2D eigenvalue weighted by Crippen LogP contribution is -2.34. The second kappa shape index (κ2) is 6.18. The molecule has 1 aliphatic heterocycles. The van der Waals surface area contributed by atoms with Gasteiger partial charge in [-0.25, -0.2) is 9.89 Å². The van der Waals surface area contributed by atoms with Crippen molar-refractivity contribution in [1.29, 1.82) is 0 Å². The molecule has 1 saturated heterocycles. The largest absolute Gasteiger partial charge is 0.380 e. The fourth-order valence-corrected chi connectivity index (χ4v) is 3.76. The number of likely N-dealkylation sites (tertiary alicyclic amines) is 1. The highest BCUT2D eigenvalue weighted by Gasteiger charge is 2.41. The number of aromatic amines is 2. The summed E-state index contributed by atoms with van der Waals surface area (Å²) in [6, 6.07) is 1.59. The van der Waals surface area contributed by atoms with Gasteiger partial charge in [-0.15, -0.1) is 0 Å². The molecule has 2 aliphatic rings. The minimum atomic E-state index is -0.265. The van der Waals surface area contributed by atoms with Crippen molar-refractivity contribution in [2.45, 2.75) is 50.8 Å². The number of H-pyrrole nitrogens is 2. The highest BCUT2D eigenvalue weighted by atomic mass is 16.5. The van der Waals surface area contributed by atoms with Gasteiger partial charge in [-0.3, -0.25) is 9.36 Å². The summed E-state index contributed by atoms with van der Waals surface area (Å²) in [5, 5.41) is 6.69. The maximum Gasteiger partial charge on any atom is 0.343 e. The normalized spacial score (nSPS) is 23.4. The van der Waals surface area contributed by atoms with E-state index in [0.29, 0.717) is 31.3 Å². The number of aromatic nitrogens is 4. The molecule has 134 valence electrons. The zero-order valence-electron chi connectivity index (χ0n) is 14.5. The molecule has 3 heterocycles. The number of rotatable bonds is 5. The number of hydrogen-bond acceptors (Lipinski definition) is 4. The third-order valence-corrected chi connectivity index (χ3v) is 5.25. The summed E-state index contributed by atoms with van der Waals surface area (Å²) in [4.78, 5) is 30.2. The van der Waals surface area contributed by atoms with Crippen LogP contribution in [0.25, 0.3) is 0 Å². The number of amides is 1. The molecule has 8 heteroatoms. The fourth-order valence-electron chi connectivity index (χ4n) is 3.76. The maximum atomic E-state index is 13.2. The molecule has 1 amide bonds. The lowest BCUT2D eigenvalue weighted by atomic mass is 10.1. The van der Waals surface area contributed by atoms with Crippen molar-refractivity contribution >= 4 is 5.91 Å². The van der Waals surface area contributed by atoms with Crippen LogP contribution < -0.4 is 5.69 Å². The summed E-state index contributed by atoms with van der Waals surface area (Å²) < 4.78 is 7.09. The molecule has 2 atom stereocenters. The van der Waals surface area contributed by atoms with Crippen LogP contribution in [0.4, 0.5) is 0 Å². The highest BCUT2D eigenvalue weighted by Crippen LogP contribution is 2.42. The monoisotopic (exact) mass is 345 g/mol. The van der Waals surface area contributed by atoms with Crippen LogP contribution >= 0.6 is 0 Å². The van der Waals surface area contributed by atoms with Crippen molar-refractivity contribution in [3.05, 3.63) is 39.8 Å². The number of hydrogen-bond donors (Lipinski definition) is 2. The standard InChI is InChI=1S/C17H23N5O3/c1-3-21-15(19-20-17(21)24)13-8-11(25-2)9-22(13)16(23)12-6-7-18-14(12)10-4-5-10/h6-7,10-11,13,18H,3-5,8-9H2,1-2H3,(H,20,24)/t11-,13-/m0/s1. The van der Waals surface area contributed by atoms with Gasteiger partial charge in [-0.2, -0.15) is 5.10 Å². The highest BCUT2D eigenvalue weighted by molar-refractivity contribution is 5.96. The van der Waals surface area contributed by atoms with Gasteiger partial charge in [0.2, 0.25) is 0 Å². The molecule has 0 unspecified atom stereocenters. The SMILES string of the molecule is CCn1c([C@@H]2C[C@H](OC)CN2C(=O)c2cc[nH]c2C2CC2)n[nH]c1=O. The van der Waals surface area contributed by atoms with Crippen molar-refractivity contribution in [3.63, 3.8) is 0 Å². The third-order valence-electron chi connectivity index (χ3n) is 5.25. The number of carbonyl (C=O) groups excluding carboxylic acids is 1. The summed E-state index contributed by atoms with van der Waals surface area (Å²) in [5.74, 6) is 1.04. The molecule has 0 radical (unpaired) electrons. The van der Waals surface area contributed by atoms with E-state index in [1.165, 1.54) is 0 Å². The van der Waals surface area contributed by atoms with Gasteiger partial charge in [0.05, 0.1) is 17.7 Å². The Hall–Kier alpha value is -2.35. The third kappa shape index (κ3) is 2.70. The molecule has 1 saturated carbocycles. The van der Waals surface area contributed by atoms with E-state index in [1.54, 1.807) is 16.6 Å². The Labute approximate surface area is 145 Å². The van der Waals surface area contributed by atoms with E-state index >= 15 is 0 Å². The number of nitrogens with zero attached hydrogens (tertiary/aromatic N) is 3. The molecule has 25 heavy (non-hydrogen) atoms. The molecule has 2 aromatic rings. The van der Waals surface area contributed by atoms with Crippen LogP contribution in [0.15, 0.2) is 17.1 Å². The molecule has 2 aromatic heterocycles. The van der Waals surface area contributed by atoms with Gasteiger partial charge in [-0.05, 0) is 31.7 Å². The van der Waals surface area contributed by atoms with Gasteiger partial charge in [0.25, 0.3) is 5.91 Å². The van der Waals surface area contributed by atoms with Gasteiger partial charge >= 0.3 is 5.69 Å². The lowest BCUT2D eigenvalue weighted by Gasteiger charge is -2.24. The summed E-state index contributed by atoms with van der Waals surface area (Å²) in [7, 11) is 1.65. The maximum absolute atomic E-state index is 13.2. The molecule has 0 aromatic carbocycles. The molecule has 4 rings (SSSR count). The zero-order chi connectivity index (χ0) is 17.6. The molecule has 8 nitrogen and oxygen atoms in total. The van der Waals surface area contributed by atoms with Gasteiger partial charge in [0.15, 0.2) is 5.82 Å². The summed E-state index contributed by atoms with van der Waals surface area (Å²) in [6.07, 6.45) is 4.65. The number of methoxy groups -OCH3 is 1. The first-order valence-electron chi connectivity index (χ1n) is 8.80. The van der Waals surface area contributed by atoms with Crippen LogP contribution in [-0.4, -0.2) is 50.3 Å². The van der Waals surface area contributed by atoms with Crippen LogP contribution in [0.5, 0.6) is 0 Å². The van der Waals surface area contributed by atoms with Gasteiger partial charge in [-0.1, -0.05) is 0 Å². The van der Waals surface area contributed by atoms with Crippen LogP contribution in [0.2, 0.25) is 0 Å². The predicted molar refractivity (Wildman–Crippen MR) is 90.5 cm³/mol. The van der Waals surface area contributed by atoms with E-state index in [4.69, 9.17) is 4.74 Å². The Morgan fingerprint density at radius 2 is 2.24 bits per heavy atom. The van der Waals surface area contributed by atoms with Crippen molar-refractivity contribution in [2.75, 3.05) is 13.7 Å². The van der Waals surface area contributed by atoms with E-state index in [-0.39, 0.29) is 23.7 Å². The van der Waals surface area contributed by atoms with E-state index in [0.717, 1.165) is 24.1 Å². The fraction of sp³-hybridized carbons (Fsp3) is 0.588. The smallest absolute Gasteiger partial charge is 0.343 e. The summed E-state index contributed by atoms with van der Waals surface area (Å²) in [6.45, 7) is 2.91. The molecular formula is C17H23N5O3. The van der Waals surface area contributed by atoms with Crippen LogP contribution in [-0.2, 0) is 11.3 Å². The Balaban J connectivity index is 1.69. The summed E-state index contributed by atoms with van der Waals surface area (Å²) >= 11 is 0.